The van der Waals surface area contributed by atoms with E-state index >= 15 is 0 Å². The van der Waals surface area contributed by atoms with Gasteiger partial charge in [-0.2, -0.15) is 0 Å². The molecule has 2 N–H and O–H groups in total. The van der Waals surface area contributed by atoms with E-state index in [0.717, 1.165) is 15.7 Å². The Morgan fingerprint density at radius 2 is 1.90 bits per heavy atom. The van der Waals surface area contributed by atoms with Crippen LogP contribution in [0, 0.1) is 0 Å². The second kappa shape index (κ2) is 6.72. The fourth-order valence-corrected chi connectivity index (χ4v) is 2.19. The minimum absolute atomic E-state index is 0.136. The molecule has 1 aromatic carbocycles. The normalized spacial score (nSPS) is 12.0. The lowest BCUT2D eigenvalue weighted by molar-refractivity contribution is 0.354. The number of halogens is 1. The summed E-state index contributed by atoms with van der Waals surface area (Å²) in [6.07, 6.45) is 2.44. The van der Waals surface area contributed by atoms with E-state index in [2.05, 4.69) is 20.9 Å². The van der Waals surface area contributed by atoms with Crippen LogP contribution in [0.25, 0.3) is 0 Å². The van der Waals surface area contributed by atoms with Crippen LogP contribution in [-0.2, 0) is 6.42 Å². The molecule has 2 rings (SSSR count). The van der Waals surface area contributed by atoms with Gasteiger partial charge in [-0.25, -0.2) is 0 Å². The van der Waals surface area contributed by atoms with E-state index in [1.54, 1.807) is 20.4 Å². The predicted molar refractivity (Wildman–Crippen MR) is 82.1 cm³/mol. The van der Waals surface area contributed by atoms with Crippen LogP contribution in [0.5, 0.6) is 11.5 Å². The SMILES string of the molecule is COc1ccc(C(N)Cc2ccc(Br)cn2)cc1OC. The summed E-state index contributed by atoms with van der Waals surface area (Å²) in [4.78, 5) is 4.34. The molecule has 1 unspecified atom stereocenters. The number of nitrogens with zero attached hydrogens (tertiary/aromatic N) is 1. The van der Waals surface area contributed by atoms with Crippen molar-refractivity contribution < 1.29 is 9.47 Å². The number of pyridine rings is 1. The third-order valence-electron chi connectivity index (χ3n) is 3.05. The number of ether oxygens (including phenoxy) is 2. The van der Waals surface area contributed by atoms with Gasteiger partial charge in [0.1, 0.15) is 0 Å². The Kier molecular flexibility index (Phi) is 4.98. The first-order valence-corrected chi connectivity index (χ1v) is 7.01. The van der Waals surface area contributed by atoms with Crippen LogP contribution in [-0.4, -0.2) is 19.2 Å². The van der Waals surface area contributed by atoms with Crippen molar-refractivity contribution in [2.24, 2.45) is 5.73 Å². The Morgan fingerprint density at radius 1 is 1.15 bits per heavy atom. The first kappa shape index (κ1) is 14.8. The van der Waals surface area contributed by atoms with Crippen LogP contribution < -0.4 is 15.2 Å². The quantitative estimate of drug-likeness (QED) is 0.911. The number of hydrogen-bond acceptors (Lipinski definition) is 4. The second-order valence-corrected chi connectivity index (χ2v) is 5.31. The van der Waals surface area contributed by atoms with Crippen LogP contribution in [0.15, 0.2) is 41.0 Å². The highest BCUT2D eigenvalue weighted by Crippen LogP contribution is 2.30. The Bertz CT molecular complexity index is 573. The molecule has 5 heteroatoms. The molecule has 0 aliphatic heterocycles. The van der Waals surface area contributed by atoms with Gasteiger partial charge in [0.15, 0.2) is 11.5 Å². The van der Waals surface area contributed by atoms with Crippen molar-refractivity contribution in [1.29, 1.82) is 0 Å². The molecule has 0 saturated heterocycles. The Hall–Kier alpha value is -1.59. The summed E-state index contributed by atoms with van der Waals surface area (Å²) in [6.45, 7) is 0. The molecule has 0 fully saturated rings. The molecular weight excluding hydrogens is 320 g/mol. The van der Waals surface area contributed by atoms with Gasteiger partial charge in [0.05, 0.1) is 14.2 Å². The van der Waals surface area contributed by atoms with Gasteiger partial charge in [-0.3, -0.25) is 4.98 Å². The number of nitrogens with two attached hydrogens (primary N) is 1. The van der Waals surface area contributed by atoms with Crippen molar-refractivity contribution in [1.82, 2.24) is 4.98 Å². The molecule has 106 valence electrons. The predicted octanol–water partition coefficient (Wildman–Crippen LogP) is 3.10. The highest BCUT2D eigenvalue weighted by Gasteiger charge is 2.11. The monoisotopic (exact) mass is 336 g/mol. The fourth-order valence-electron chi connectivity index (χ4n) is 1.95. The van der Waals surface area contributed by atoms with Crippen LogP contribution in [0.4, 0.5) is 0 Å². The zero-order valence-electron chi connectivity index (χ0n) is 11.5. The fraction of sp³-hybridized carbons (Fsp3) is 0.267. The van der Waals surface area contributed by atoms with Gasteiger partial charge in [0.25, 0.3) is 0 Å². The Labute approximate surface area is 127 Å². The molecule has 2 aromatic rings. The third-order valence-corrected chi connectivity index (χ3v) is 3.52. The molecule has 0 radical (unpaired) electrons. The van der Waals surface area contributed by atoms with E-state index < -0.39 is 0 Å². The van der Waals surface area contributed by atoms with Gasteiger partial charge in [0, 0.05) is 28.8 Å². The maximum absolute atomic E-state index is 6.23. The first-order chi connectivity index (χ1) is 9.63. The van der Waals surface area contributed by atoms with Crippen molar-refractivity contribution in [2.45, 2.75) is 12.5 Å². The maximum atomic E-state index is 6.23. The molecule has 0 aliphatic rings. The van der Waals surface area contributed by atoms with Gasteiger partial charge in [-0.1, -0.05) is 6.07 Å². The zero-order chi connectivity index (χ0) is 14.5. The average Bonchev–Trinajstić information content (AvgIpc) is 2.48. The molecule has 0 amide bonds. The number of rotatable bonds is 5. The molecule has 1 aromatic heterocycles. The van der Waals surface area contributed by atoms with E-state index in [4.69, 9.17) is 15.2 Å². The van der Waals surface area contributed by atoms with Gasteiger partial charge in [0.2, 0.25) is 0 Å². The lowest BCUT2D eigenvalue weighted by atomic mass is 10.0. The van der Waals surface area contributed by atoms with E-state index in [-0.39, 0.29) is 6.04 Å². The molecular formula is C15H17BrN2O2. The topological polar surface area (TPSA) is 57.4 Å². The number of methoxy groups -OCH3 is 2. The van der Waals surface area contributed by atoms with Crippen LogP contribution in [0.2, 0.25) is 0 Å². The van der Waals surface area contributed by atoms with Crippen molar-refractivity contribution in [3.8, 4) is 11.5 Å². The van der Waals surface area contributed by atoms with E-state index in [0.29, 0.717) is 17.9 Å². The first-order valence-electron chi connectivity index (χ1n) is 6.22. The summed E-state index contributed by atoms with van der Waals surface area (Å²) in [6, 6.07) is 9.51. The van der Waals surface area contributed by atoms with E-state index in [1.807, 2.05) is 30.3 Å². The highest BCUT2D eigenvalue weighted by atomic mass is 79.9. The average molecular weight is 337 g/mol. The minimum atomic E-state index is -0.136. The van der Waals surface area contributed by atoms with Gasteiger partial charge >= 0.3 is 0 Å². The third kappa shape index (κ3) is 3.49. The summed E-state index contributed by atoms with van der Waals surface area (Å²) in [5.41, 5.74) is 8.18. The van der Waals surface area contributed by atoms with Crippen molar-refractivity contribution in [2.75, 3.05) is 14.2 Å². The molecule has 1 atom stereocenters. The molecule has 1 heterocycles. The summed E-state index contributed by atoms with van der Waals surface area (Å²) >= 11 is 3.37. The summed E-state index contributed by atoms with van der Waals surface area (Å²) < 4.78 is 11.5. The van der Waals surface area contributed by atoms with Crippen LogP contribution in [0.3, 0.4) is 0 Å². The smallest absolute Gasteiger partial charge is 0.161 e. The van der Waals surface area contributed by atoms with Crippen LogP contribution >= 0.6 is 15.9 Å². The summed E-state index contributed by atoms with van der Waals surface area (Å²) in [5.74, 6) is 1.38. The maximum Gasteiger partial charge on any atom is 0.161 e. The van der Waals surface area contributed by atoms with E-state index in [1.165, 1.54) is 0 Å². The molecule has 0 bridgehead atoms. The lowest BCUT2D eigenvalue weighted by Gasteiger charge is -2.14. The zero-order valence-corrected chi connectivity index (χ0v) is 13.1. The van der Waals surface area contributed by atoms with Crippen molar-refractivity contribution in [3.05, 3.63) is 52.3 Å². The Balaban J connectivity index is 2.16. The number of aromatic nitrogens is 1. The molecule has 0 aliphatic carbocycles. The Morgan fingerprint density at radius 3 is 2.50 bits per heavy atom. The van der Waals surface area contributed by atoms with Crippen molar-refractivity contribution >= 4 is 15.9 Å². The second-order valence-electron chi connectivity index (χ2n) is 4.39. The van der Waals surface area contributed by atoms with Gasteiger partial charge in [-0.05, 0) is 45.8 Å². The van der Waals surface area contributed by atoms with Crippen LogP contribution in [0.1, 0.15) is 17.3 Å². The van der Waals surface area contributed by atoms with E-state index in [9.17, 15) is 0 Å². The molecule has 4 nitrogen and oxygen atoms in total. The van der Waals surface area contributed by atoms with Gasteiger partial charge < -0.3 is 15.2 Å². The summed E-state index contributed by atoms with van der Waals surface area (Å²) in [7, 11) is 3.23. The number of hydrogen-bond donors (Lipinski definition) is 1. The molecule has 20 heavy (non-hydrogen) atoms. The highest BCUT2D eigenvalue weighted by molar-refractivity contribution is 9.10. The van der Waals surface area contributed by atoms with Crippen molar-refractivity contribution in [3.63, 3.8) is 0 Å². The summed E-state index contributed by atoms with van der Waals surface area (Å²) in [5, 5.41) is 0. The molecule has 0 spiro atoms. The molecule has 0 saturated carbocycles. The minimum Gasteiger partial charge on any atom is -0.493 e. The largest absolute Gasteiger partial charge is 0.493 e. The van der Waals surface area contributed by atoms with Gasteiger partial charge in [-0.15, -0.1) is 0 Å². The lowest BCUT2D eigenvalue weighted by Crippen LogP contribution is -2.14. The number of benzene rings is 1. The standard InChI is InChI=1S/C15H17BrN2O2/c1-19-14-6-3-10(7-15(14)20-2)13(17)8-12-5-4-11(16)9-18-12/h3-7,9,13H,8,17H2,1-2H3.